The predicted octanol–water partition coefficient (Wildman–Crippen LogP) is 6.15. The molecule has 0 saturated carbocycles. The minimum Gasteiger partial charge on any atom is -0.457 e. The van der Waals surface area contributed by atoms with E-state index in [0.29, 0.717) is 11.5 Å². The van der Waals surface area contributed by atoms with Crippen LogP contribution in [0.3, 0.4) is 0 Å². The van der Waals surface area contributed by atoms with E-state index in [1.165, 1.54) is 42.2 Å². The van der Waals surface area contributed by atoms with Crippen LogP contribution >= 0.6 is 0 Å². The molecule has 0 aliphatic rings. The Labute approximate surface area is 258 Å². The lowest BCUT2D eigenvalue weighted by Gasteiger charge is -2.33. The molecule has 4 rings (SSSR count). The molecule has 0 bridgehead atoms. The molecule has 0 heterocycles. The SMILES string of the molecule is C[C@H](C(=O)NC(C)(C)C)N(Cc1ccccc1F)C(=O)CN(c1ccc(Oc2ccccc2)cc1)S(=O)(=O)c1ccccc1. The van der Waals surface area contributed by atoms with E-state index in [1.807, 2.05) is 18.2 Å². The summed E-state index contributed by atoms with van der Waals surface area (Å²) >= 11 is 0. The Balaban J connectivity index is 1.70. The molecule has 0 saturated heterocycles. The van der Waals surface area contributed by atoms with Gasteiger partial charge in [0.2, 0.25) is 11.8 Å². The van der Waals surface area contributed by atoms with Crippen LogP contribution in [0.15, 0.2) is 114 Å². The van der Waals surface area contributed by atoms with E-state index in [2.05, 4.69) is 5.32 Å². The number of ether oxygens (including phenoxy) is 1. The highest BCUT2D eigenvalue weighted by Gasteiger charge is 2.33. The summed E-state index contributed by atoms with van der Waals surface area (Å²) in [5, 5.41) is 2.85. The van der Waals surface area contributed by atoms with E-state index in [-0.39, 0.29) is 22.7 Å². The highest BCUT2D eigenvalue weighted by molar-refractivity contribution is 7.92. The number of sulfonamides is 1. The summed E-state index contributed by atoms with van der Waals surface area (Å²) < 4.78 is 49.5. The van der Waals surface area contributed by atoms with Crippen LogP contribution in [0, 0.1) is 5.82 Å². The lowest BCUT2D eigenvalue weighted by Crippen LogP contribution is -2.54. The maximum absolute atomic E-state index is 14.7. The molecule has 10 heteroatoms. The van der Waals surface area contributed by atoms with Crippen LogP contribution in [0.2, 0.25) is 0 Å². The number of carbonyl (C=O) groups is 2. The summed E-state index contributed by atoms with van der Waals surface area (Å²) in [5.74, 6) is -0.611. The second-order valence-corrected chi connectivity index (χ2v) is 13.1. The van der Waals surface area contributed by atoms with Crippen LogP contribution in [-0.4, -0.2) is 43.3 Å². The van der Waals surface area contributed by atoms with E-state index in [9.17, 15) is 22.4 Å². The van der Waals surface area contributed by atoms with Gasteiger partial charge in [0, 0.05) is 17.6 Å². The van der Waals surface area contributed by atoms with Gasteiger partial charge in [0.25, 0.3) is 10.0 Å². The number of para-hydroxylation sites is 1. The Morgan fingerprint density at radius 1 is 0.818 bits per heavy atom. The van der Waals surface area contributed by atoms with Crippen molar-refractivity contribution in [3.8, 4) is 11.5 Å². The van der Waals surface area contributed by atoms with Gasteiger partial charge >= 0.3 is 0 Å². The number of carbonyl (C=O) groups excluding carboxylic acids is 2. The molecule has 0 aromatic heterocycles. The van der Waals surface area contributed by atoms with Gasteiger partial charge in [0.15, 0.2) is 0 Å². The summed E-state index contributed by atoms with van der Waals surface area (Å²) in [4.78, 5) is 28.4. The fourth-order valence-corrected chi connectivity index (χ4v) is 5.86. The summed E-state index contributed by atoms with van der Waals surface area (Å²) in [6, 6.07) is 28.1. The fraction of sp³-hybridized carbons (Fsp3) is 0.235. The Bertz CT molecular complexity index is 1680. The summed E-state index contributed by atoms with van der Waals surface area (Å²) in [6.45, 7) is 6.07. The molecule has 44 heavy (non-hydrogen) atoms. The van der Waals surface area contributed by atoms with Crippen LogP contribution in [0.5, 0.6) is 11.5 Å². The fourth-order valence-electron chi connectivity index (χ4n) is 4.42. The molecule has 0 aliphatic heterocycles. The Morgan fingerprint density at radius 2 is 1.36 bits per heavy atom. The van der Waals surface area contributed by atoms with Gasteiger partial charge in [-0.25, -0.2) is 12.8 Å². The number of halogens is 1. The molecule has 1 N–H and O–H groups in total. The molecular formula is C34H36FN3O5S. The first kappa shape index (κ1) is 32.2. The van der Waals surface area contributed by atoms with Gasteiger partial charge in [-0.15, -0.1) is 0 Å². The monoisotopic (exact) mass is 617 g/mol. The molecule has 0 unspecified atom stereocenters. The first-order valence-corrected chi connectivity index (χ1v) is 15.5. The summed E-state index contributed by atoms with van der Waals surface area (Å²) in [7, 11) is -4.24. The zero-order valence-electron chi connectivity index (χ0n) is 25.1. The molecule has 8 nitrogen and oxygen atoms in total. The van der Waals surface area contributed by atoms with Gasteiger partial charge in [-0.3, -0.25) is 13.9 Å². The molecule has 4 aromatic rings. The maximum atomic E-state index is 14.7. The quantitative estimate of drug-likeness (QED) is 0.218. The van der Waals surface area contributed by atoms with Crippen molar-refractivity contribution in [1.82, 2.24) is 10.2 Å². The normalized spacial score (nSPS) is 12.2. The minimum atomic E-state index is -4.24. The number of nitrogens with zero attached hydrogens (tertiary/aromatic N) is 2. The summed E-state index contributed by atoms with van der Waals surface area (Å²) in [6.07, 6.45) is 0. The van der Waals surface area contributed by atoms with Gasteiger partial charge in [-0.05, 0) is 82.3 Å². The predicted molar refractivity (Wildman–Crippen MR) is 168 cm³/mol. The van der Waals surface area contributed by atoms with Crippen LogP contribution in [0.1, 0.15) is 33.3 Å². The number of rotatable bonds is 11. The van der Waals surface area contributed by atoms with Crippen molar-refractivity contribution in [2.24, 2.45) is 0 Å². The Kier molecular flexibility index (Phi) is 10.1. The van der Waals surface area contributed by atoms with Crippen LogP contribution in [-0.2, 0) is 26.2 Å². The van der Waals surface area contributed by atoms with Crippen molar-refractivity contribution < 1.29 is 27.1 Å². The second-order valence-electron chi connectivity index (χ2n) is 11.3. The van der Waals surface area contributed by atoms with Gasteiger partial charge in [-0.2, -0.15) is 0 Å². The molecule has 4 aromatic carbocycles. The topological polar surface area (TPSA) is 96.0 Å². The van der Waals surface area contributed by atoms with Crippen LogP contribution < -0.4 is 14.4 Å². The van der Waals surface area contributed by atoms with Gasteiger partial charge < -0.3 is 15.0 Å². The number of hydrogen-bond acceptors (Lipinski definition) is 5. The van der Waals surface area contributed by atoms with Crippen molar-refractivity contribution in [2.45, 2.75) is 50.7 Å². The third-order valence-electron chi connectivity index (χ3n) is 6.68. The first-order chi connectivity index (χ1) is 20.8. The van der Waals surface area contributed by atoms with E-state index in [4.69, 9.17) is 4.74 Å². The average Bonchev–Trinajstić information content (AvgIpc) is 2.99. The standard InChI is InChI=1S/C34H36FN3O5S/c1-25(33(40)36-34(2,3)4)37(23-26-13-11-12-18-31(26)35)32(39)24-38(44(41,42)30-16-9-6-10-17-30)27-19-21-29(22-20-27)43-28-14-7-5-8-15-28/h5-22,25H,23-24H2,1-4H3,(H,36,40)/t25-/m1/s1. The molecule has 230 valence electrons. The molecule has 0 radical (unpaired) electrons. The third kappa shape index (κ3) is 8.23. The average molecular weight is 618 g/mol. The number of benzene rings is 4. The number of amides is 2. The smallest absolute Gasteiger partial charge is 0.264 e. The highest BCUT2D eigenvalue weighted by Crippen LogP contribution is 2.28. The van der Waals surface area contributed by atoms with Crippen molar-refractivity contribution in [3.63, 3.8) is 0 Å². The van der Waals surface area contributed by atoms with Crippen molar-refractivity contribution in [3.05, 3.63) is 121 Å². The zero-order valence-corrected chi connectivity index (χ0v) is 25.9. The van der Waals surface area contributed by atoms with Crippen LogP contribution in [0.25, 0.3) is 0 Å². The van der Waals surface area contributed by atoms with Crippen molar-refractivity contribution in [1.29, 1.82) is 0 Å². The third-order valence-corrected chi connectivity index (χ3v) is 8.47. The lowest BCUT2D eigenvalue weighted by molar-refractivity contribution is -0.140. The Hall–Kier alpha value is -4.70. The van der Waals surface area contributed by atoms with Crippen molar-refractivity contribution >= 4 is 27.5 Å². The molecular weight excluding hydrogens is 581 g/mol. The van der Waals surface area contributed by atoms with Crippen molar-refractivity contribution in [2.75, 3.05) is 10.8 Å². The van der Waals surface area contributed by atoms with Gasteiger partial charge in [0.1, 0.15) is 29.9 Å². The molecule has 2 amide bonds. The molecule has 1 atom stereocenters. The lowest BCUT2D eigenvalue weighted by atomic mass is 10.1. The van der Waals surface area contributed by atoms with E-state index < -0.39 is 45.8 Å². The number of anilines is 1. The molecule has 0 spiro atoms. The summed E-state index contributed by atoms with van der Waals surface area (Å²) in [5.41, 5.74) is -0.194. The van der Waals surface area contributed by atoms with E-state index >= 15 is 0 Å². The van der Waals surface area contributed by atoms with Crippen LogP contribution in [0.4, 0.5) is 10.1 Å². The largest absolute Gasteiger partial charge is 0.457 e. The Morgan fingerprint density at radius 3 is 1.95 bits per heavy atom. The first-order valence-electron chi connectivity index (χ1n) is 14.1. The van der Waals surface area contributed by atoms with Gasteiger partial charge in [0.05, 0.1) is 10.6 Å². The van der Waals surface area contributed by atoms with Gasteiger partial charge in [-0.1, -0.05) is 54.6 Å². The number of hydrogen-bond donors (Lipinski definition) is 1. The van der Waals surface area contributed by atoms with E-state index in [0.717, 1.165) is 4.31 Å². The van der Waals surface area contributed by atoms with E-state index in [1.54, 1.807) is 81.4 Å². The maximum Gasteiger partial charge on any atom is 0.264 e. The highest BCUT2D eigenvalue weighted by atomic mass is 32.2. The minimum absolute atomic E-state index is 0.0170. The number of nitrogens with one attached hydrogen (secondary N) is 1. The molecule has 0 fully saturated rings. The zero-order chi connectivity index (χ0) is 31.9. The molecule has 0 aliphatic carbocycles. The second kappa shape index (κ2) is 13.7.